The van der Waals surface area contributed by atoms with Gasteiger partial charge in [0.25, 0.3) is 11.6 Å². The van der Waals surface area contributed by atoms with Crippen LogP contribution in [0.25, 0.3) is 15.8 Å². The maximum Gasteiger partial charge on any atom is 0.270 e. The number of anilines is 1. The summed E-state index contributed by atoms with van der Waals surface area (Å²) in [5.41, 5.74) is 3.02. The number of nitro groups is 1. The lowest BCUT2D eigenvalue weighted by molar-refractivity contribution is -0.384. The van der Waals surface area contributed by atoms with Gasteiger partial charge in [0, 0.05) is 27.8 Å². The molecule has 0 saturated carbocycles. The van der Waals surface area contributed by atoms with Crippen molar-refractivity contribution in [3.8, 4) is 5.69 Å². The van der Waals surface area contributed by atoms with Crippen LogP contribution in [0.5, 0.6) is 0 Å². The van der Waals surface area contributed by atoms with Crippen LogP contribution in [0.1, 0.15) is 27.3 Å². The van der Waals surface area contributed by atoms with E-state index in [1.165, 1.54) is 23.5 Å². The van der Waals surface area contributed by atoms with Crippen molar-refractivity contribution in [2.75, 3.05) is 5.32 Å². The average molecular weight is 404 g/mol. The lowest BCUT2D eigenvalue weighted by atomic mass is 10.2. The van der Waals surface area contributed by atoms with Crippen LogP contribution < -0.4 is 5.32 Å². The lowest BCUT2D eigenvalue weighted by Gasteiger charge is -2.10. The molecule has 2 heterocycles. The Kier molecular flexibility index (Phi) is 4.13. The summed E-state index contributed by atoms with van der Waals surface area (Å²) in [6.07, 6.45) is 2.82. The number of hydrogen-bond donors (Lipinski definition) is 1. The number of para-hydroxylation sites is 1. The number of nitrogens with one attached hydrogen (secondary N) is 1. The van der Waals surface area contributed by atoms with Gasteiger partial charge in [-0.15, -0.1) is 11.3 Å². The second kappa shape index (κ2) is 6.82. The first-order valence-corrected chi connectivity index (χ1v) is 10.1. The van der Waals surface area contributed by atoms with E-state index >= 15 is 0 Å². The topological polar surface area (TPSA) is 90.1 Å². The van der Waals surface area contributed by atoms with Gasteiger partial charge < -0.3 is 5.32 Å². The normalized spacial score (nSPS) is 12.8. The fraction of sp³-hybridized carbons (Fsp3) is 0.143. The molecule has 4 aromatic rings. The van der Waals surface area contributed by atoms with E-state index in [1.54, 1.807) is 16.8 Å². The molecule has 0 fully saturated rings. The summed E-state index contributed by atoms with van der Waals surface area (Å²) in [7, 11) is 0. The maximum atomic E-state index is 13.0. The molecule has 2 aromatic heterocycles. The second-order valence-corrected chi connectivity index (χ2v) is 8.00. The minimum Gasteiger partial charge on any atom is -0.306 e. The van der Waals surface area contributed by atoms with Gasteiger partial charge in [0.15, 0.2) is 0 Å². The van der Waals surface area contributed by atoms with Crippen molar-refractivity contribution in [1.29, 1.82) is 0 Å². The van der Waals surface area contributed by atoms with E-state index in [9.17, 15) is 14.9 Å². The van der Waals surface area contributed by atoms with Crippen LogP contribution in [0, 0.1) is 10.1 Å². The predicted molar refractivity (Wildman–Crippen MR) is 112 cm³/mol. The SMILES string of the molecule is O=C(Nc1c2c(nn1-c1ccccc1)CCC2)c1cc2cc([N+](=O)[O-])ccc2s1. The highest BCUT2D eigenvalue weighted by Gasteiger charge is 2.25. The third-order valence-electron chi connectivity index (χ3n) is 5.07. The fourth-order valence-electron chi connectivity index (χ4n) is 3.70. The number of nitro benzene ring substituents is 1. The third kappa shape index (κ3) is 3.07. The molecule has 0 saturated heterocycles. The van der Waals surface area contributed by atoms with Crippen LogP contribution >= 0.6 is 11.3 Å². The summed E-state index contributed by atoms with van der Waals surface area (Å²) < 4.78 is 2.63. The lowest BCUT2D eigenvalue weighted by Crippen LogP contribution is -2.15. The molecule has 1 aliphatic rings. The molecule has 0 atom stereocenters. The summed E-state index contributed by atoms with van der Waals surface area (Å²) in [5, 5.41) is 19.4. The molecule has 5 rings (SSSR count). The molecule has 1 N–H and O–H groups in total. The van der Waals surface area contributed by atoms with Gasteiger partial charge in [-0.2, -0.15) is 5.10 Å². The van der Waals surface area contributed by atoms with Crippen molar-refractivity contribution in [3.05, 3.63) is 80.8 Å². The van der Waals surface area contributed by atoms with Gasteiger partial charge in [-0.1, -0.05) is 18.2 Å². The Balaban J connectivity index is 1.51. The molecule has 29 heavy (non-hydrogen) atoms. The molecule has 144 valence electrons. The first-order valence-electron chi connectivity index (χ1n) is 9.26. The number of carbonyl (C=O) groups excluding carboxylic acids is 1. The summed E-state index contributed by atoms with van der Waals surface area (Å²) in [4.78, 5) is 24.1. The van der Waals surface area contributed by atoms with E-state index in [1.807, 2.05) is 30.3 Å². The minimum absolute atomic E-state index is 0.0160. The number of rotatable bonds is 4. The largest absolute Gasteiger partial charge is 0.306 e. The van der Waals surface area contributed by atoms with Gasteiger partial charge in [0.1, 0.15) is 5.82 Å². The Morgan fingerprint density at radius 3 is 2.76 bits per heavy atom. The third-order valence-corrected chi connectivity index (χ3v) is 6.19. The van der Waals surface area contributed by atoms with Crippen LogP contribution in [-0.2, 0) is 12.8 Å². The number of thiophene rings is 1. The molecular weight excluding hydrogens is 388 g/mol. The van der Waals surface area contributed by atoms with Crippen molar-refractivity contribution in [2.24, 2.45) is 0 Å². The summed E-state index contributed by atoms with van der Waals surface area (Å²) in [5.74, 6) is 0.470. The van der Waals surface area contributed by atoms with Crippen molar-refractivity contribution in [3.63, 3.8) is 0 Å². The zero-order valence-electron chi connectivity index (χ0n) is 15.3. The zero-order chi connectivity index (χ0) is 20.0. The van der Waals surface area contributed by atoms with E-state index in [0.29, 0.717) is 16.1 Å². The quantitative estimate of drug-likeness (QED) is 0.393. The number of amides is 1. The number of carbonyl (C=O) groups is 1. The molecule has 1 amide bonds. The number of hydrogen-bond acceptors (Lipinski definition) is 5. The second-order valence-electron chi connectivity index (χ2n) is 6.92. The molecule has 0 radical (unpaired) electrons. The molecule has 7 nitrogen and oxygen atoms in total. The highest BCUT2D eigenvalue weighted by molar-refractivity contribution is 7.20. The summed E-state index contributed by atoms with van der Waals surface area (Å²) in [6.45, 7) is 0. The molecule has 1 aliphatic carbocycles. The Morgan fingerprint density at radius 1 is 1.14 bits per heavy atom. The van der Waals surface area contributed by atoms with E-state index in [4.69, 9.17) is 5.10 Å². The molecule has 0 aliphatic heterocycles. The van der Waals surface area contributed by atoms with Crippen molar-refractivity contribution >= 4 is 38.8 Å². The van der Waals surface area contributed by atoms with E-state index < -0.39 is 4.92 Å². The average Bonchev–Trinajstić information content (AvgIpc) is 3.43. The first kappa shape index (κ1) is 17.6. The molecule has 8 heteroatoms. The Morgan fingerprint density at radius 2 is 1.97 bits per heavy atom. The molecular formula is C21H16N4O3S. The van der Waals surface area contributed by atoms with Crippen LogP contribution in [0.4, 0.5) is 11.5 Å². The fourth-order valence-corrected chi connectivity index (χ4v) is 4.64. The molecule has 0 bridgehead atoms. The Labute approximate surface area is 169 Å². The van der Waals surface area contributed by atoms with Crippen LogP contribution in [0.3, 0.4) is 0 Å². The minimum atomic E-state index is -0.432. The Hall–Kier alpha value is -3.52. The molecule has 0 spiro atoms. The smallest absolute Gasteiger partial charge is 0.270 e. The van der Waals surface area contributed by atoms with Crippen molar-refractivity contribution < 1.29 is 9.72 Å². The summed E-state index contributed by atoms with van der Waals surface area (Å²) in [6, 6.07) is 16.1. The van der Waals surface area contributed by atoms with E-state index in [-0.39, 0.29) is 11.6 Å². The zero-order valence-corrected chi connectivity index (χ0v) is 16.1. The molecule has 0 unspecified atom stereocenters. The highest BCUT2D eigenvalue weighted by Crippen LogP contribution is 2.33. The van der Waals surface area contributed by atoms with E-state index in [0.717, 1.165) is 40.9 Å². The van der Waals surface area contributed by atoms with Gasteiger partial charge >= 0.3 is 0 Å². The number of aryl methyl sites for hydroxylation is 1. The summed E-state index contributed by atoms with van der Waals surface area (Å²) >= 11 is 1.32. The van der Waals surface area contributed by atoms with E-state index in [2.05, 4.69) is 5.32 Å². The standard InChI is InChI=1S/C21H16N4O3S/c26-21(19-12-13-11-15(25(27)28)9-10-18(13)29-19)22-20-16-7-4-8-17(16)23-24(20)14-5-2-1-3-6-14/h1-3,5-6,9-12H,4,7-8H2,(H,22,26). The van der Waals surface area contributed by atoms with Crippen LogP contribution in [0.15, 0.2) is 54.6 Å². The number of aromatic nitrogens is 2. The van der Waals surface area contributed by atoms with Gasteiger partial charge in [-0.05, 0) is 43.5 Å². The van der Waals surface area contributed by atoms with Gasteiger partial charge in [-0.25, -0.2) is 4.68 Å². The first-order chi connectivity index (χ1) is 14.1. The predicted octanol–water partition coefficient (Wildman–Crippen LogP) is 4.74. The van der Waals surface area contributed by atoms with Crippen molar-refractivity contribution in [2.45, 2.75) is 19.3 Å². The number of non-ortho nitro benzene ring substituents is 1. The van der Waals surface area contributed by atoms with Crippen LogP contribution in [-0.4, -0.2) is 20.6 Å². The Bertz CT molecular complexity index is 1260. The number of nitrogens with zero attached hydrogens (tertiary/aromatic N) is 3. The maximum absolute atomic E-state index is 13.0. The van der Waals surface area contributed by atoms with Crippen molar-refractivity contribution in [1.82, 2.24) is 9.78 Å². The number of benzene rings is 2. The van der Waals surface area contributed by atoms with Gasteiger partial charge in [-0.3, -0.25) is 14.9 Å². The number of fused-ring (bicyclic) bond motifs is 2. The molecule has 2 aromatic carbocycles. The van der Waals surface area contributed by atoms with Crippen LogP contribution in [0.2, 0.25) is 0 Å². The van der Waals surface area contributed by atoms with Gasteiger partial charge in [0.05, 0.1) is 21.2 Å². The monoisotopic (exact) mass is 404 g/mol. The van der Waals surface area contributed by atoms with Gasteiger partial charge in [0.2, 0.25) is 0 Å². The highest BCUT2D eigenvalue weighted by atomic mass is 32.1.